The number of hydrogen-bond donors (Lipinski definition) is 1. The molecule has 5 heteroatoms. The Morgan fingerprint density at radius 1 is 1.33 bits per heavy atom. The summed E-state index contributed by atoms with van der Waals surface area (Å²) in [4.78, 5) is 11.9. The average molecular weight is 268 g/mol. The Bertz CT molecular complexity index is 571. The van der Waals surface area contributed by atoms with Crippen LogP contribution < -0.4 is 5.32 Å². The fraction of sp³-hybridized carbons (Fsp3) is 0.308. The van der Waals surface area contributed by atoms with Gasteiger partial charge in [-0.25, -0.2) is 0 Å². The maximum atomic E-state index is 11.9. The number of halogens is 1. The smallest absolute Gasteiger partial charge is 0.287 e. The van der Waals surface area contributed by atoms with Gasteiger partial charge in [0.1, 0.15) is 11.5 Å². The zero-order valence-corrected chi connectivity index (χ0v) is 11.2. The zero-order chi connectivity index (χ0) is 13.3. The van der Waals surface area contributed by atoms with Gasteiger partial charge in [-0.1, -0.05) is 0 Å². The van der Waals surface area contributed by atoms with Crippen molar-refractivity contribution in [1.82, 2.24) is 5.32 Å². The predicted octanol–water partition coefficient (Wildman–Crippen LogP) is 3.63. The van der Waals surface area contributed by atoms with Crippen LogP contribution in [0.3, 0.4) is 0 Å². The van der Waals surface area contributed by atoms with Gasteiger partial charge >= 0.3 is 0 Å². The third kappa shape index (κ3) is 2.59. The molecule has 0 aliphatic heterocycles. The molecule has 0 saturated heterocycles. The normalized spacial score (nSPS) is 12.4. The molecular formula is C13H14ClNO3. The van der Waals surface area contributed by atoms with E-state index < -0.39 is 0 Å². The molecule has 2 rings (SSSR count). The summed E-state index contributed by atoms with van der Waals surface area (Å²) >= 11 is 5.62. The summed E-state index contributed by atoms with van der Waals surface area (Å²) in [6.45, 7) is 5.63. The number of carbonyl (C=O) groups excluding carboxylic acids is 1. The molecule has 18 heavy (non-hydrogen) atoms. The van der Waals surface area contributed by atoms with Crippen molar-refractivity contribution in [3.63, 3.8) is 0 Å². The van der Waals surface area contributed by atoms with E-state index in [1.54, 1.807) is 0 Å². The van der Waals surface area contributed by atoms with Crippen LogP contribution in [0.2, 0.25) is 5.22 Å². The van der Waals surface area contributed by atoms with Crippen molar-refractivity contribution in [1.29, 1.82) is 0 Å². The van der Waals surface area contributed by atoms with E-state index >= 15 is 0 Å². The van der Waals surface area contributed by atoms with Gasteiger partial charge in [-0.3, -0.25) is 4.79 Å². The van der Waals surface area contributed by atoms with Crippen LogP contribution in [0.1, 0.15) is 40.6 Å². The van der Waals surface area contributed by atoms with Gasteiger partial charge in [0, 0.05) is 5.56 Å². The molecule has 0 spiro atoms. The number of furan rings is 2. The Hall–Kier alpha value is -1.68. The van der Waals surface area contributed by atoms with Gasteiger partial charge in [0.05, 0.1) is 6.04 Å². The molecule has 96 valence electrons. The first-order chi connectivity index (χ1) is 8.47. The van der Waals surface area contributed by atoms with Crippen molar-refractivity contribution < 1.29 is 13.6 Å². The van der Waals surface area contributed by atoms with Gasteiger partial charge in [-0.05, 0) is 50.6 Å². The number of nitrogens with one attached hydrogen (secondary N) is 1. The number of aryl methyl sites for hydroxylation is 2. The predicted molar refractivity (Wildman–Crippen MR) is 67.8 cm³/mol. The summed E-state index contributed by atoms with van der Waals surface area (Å²) in [5.74, 6) is 1.53. The molecular weight excluding hydrogens is 254 g/mol. The van der Waals surface area contributed by atoms with E-state index in [0.717, 1.165) is 17.1 Å². The maximum absolute atomic E-state index is 11.9. The van der Waals surface area contributed by atoms with Crippen LogP contribution in [-0.2, 0) is 0 Å². The molecule has 1 amide bonds. The molecule has 0 fully saturated rings. The summed E-state index contributed by atoms with van der Waals surface area (Å²) in [5, 5.41) is 3.03. The molecule has 1 unspecified atom stereocenters. The molecule has 2 heterocycles. The fourth-order valence-corrected chi connectivity index (χ4v) is 2.01. The van der Waals surface area contributed by atoms with Crippen LogP contribution >= 0.6 is 11.6 Å². The van der Waals surface area contributed by atoms with E-state index in [0.29, 0.717) is 0 Å². The van der Waals surface area contributed by atoms with Crippen LogP contribution in [0.15, 0.2) is 27.0 Å². The van der Waals surface area contributed by atoms with Crippen LogP contribution in [0.4, 0.5) is 0 Å². The van der Waals surface area contributed by atoms with Crippen molar-refractivity contribution >= 4 is 17.5 Å². The second kappa shape index (κ2) is 4.90. The molecule has 0 bridgehead atoms. The Kier molecular flexibility index (Phi) is 3.48. The summed E-state index contributed by atoms with van der Waals surface area (Å²) in [6.07, 6.45) is 0. The lowest BCUT2D eigenvalue weighted by atomic mass is 10.1. The molecule has 0 saturated carbocycles. The molecule has 1 atom stereocenters. The number of hydrogen-bond acceptors (Lipinski definition) is 3. The number of rotatable bonds is 3. The third-order valence-corrected chi connectivity index (χ3v) is 2.89. The lowest BCUT2D eigenvalue weighted by Gasteiger charge is -2.11. The minimum absolute atomic E-state index is 0.154. The third-order valence-electron chi connectivity index (χ3n) is 2.69. The molecule has 0 aromatic carbocycles. The second-order valence-corrected chi connectivity index (χ2v) is 4.54. The maximum Gasteiger partial charge on any atom is 0.287 e. The standard InChI is InChI=1S/C13H14ClNO3/c1-7-6-10(9(3)17-7)8(2)15-13(16)11-4-5-12(14)18-11/h4-6,8H,1-3H3,(H,15,16). The first kappa shape index (κ1) is 12.8. The van der Waals surface area contributed by atoms with Crippen molar-refractivity contribution in [2.75, 3.05) is 0 Å². The van der Waals surface area contributed by atoms with Crippen LogP contribution in [0.5, 0.6) is 0 Å². The van der Waals surface area contributed by atoms with E-state index in [-0.39, 0.29) is 22.9 Å². The SMILES string of the molecule is Cc1cc(C(C)NC(=O)c2ccc(Cl)o2)c(C)o1. The Morgan fingerprint density at radius 2 is 2.06 bits per heavy atom. The van der Waals surface area contributed by atoms with Crippen LogP contribution in [0.25, 0.3) is 0 Å². The van der Waals surface area contributed by atoms with Crippen LogP contribution in [0, 0.1) is 13.8 Å². The van der Waals surface area contributed by atoms with Crippen molar-refractivity contribution in [2.45, 2.75) is 26.8 Å². The molecule has 0 radical (unpaired) electrons. The van der Waals surface area contributed by atoms with E-state index in [2.05, 4.69) is 5.32 Å². The van der Waals surface area contributed by atoms with Crippen molar-refractivity contribution in [3.05, 3.63) is 46.3 Å². The second-order valence-electron chi connectivity index (χ2n) is 4.17. The quantitative estimate of drug-likeness (QED) is 0.924. The van der Waals surface area contributed by atoms with E-state index in [1.807, 2.05) is 26.8 Å². The van der Waals surface area contributed by atoms with Gasteiger partial charge in [0.2, 0.25) is 0 Å². The van der Waals surface area contributed by atoms with Crippen molar-refractivity contribution in [3.8, 4) is 0 Å². The summed E-state index contributed by atoms with van der Waals surface area (Å²) < 4.78 is 10.5. The highest BCUT2D eigenvalue weighted by Gasteiger charge is 2.17. The van der Waals surface area contributed by atoms with Crippen LogP contribution in [-0.4, -0.2) is 5.91 Å². The molecule has 0 aliphatic rings. The van der Waals surface area contributed by atoms with Gasteiger partial charge in [-0.15, -0.1) is 0 Å². The van der Waals surface area contributed by atoms with E-state index in [1.165, 1.54) is 12.1 Å². The monoisotopic (exact) mass is 267 g/mol. The highest BCUT2D eigenvalue weighted by atomic mass is 35.5. The van der Waals surface area contributed by atoms with Gasteiger partial charge < -0.3 is 14.2 Å². The lowest BCUT2D eigenvalue weighted by molar-refractivity contribution is 0.0912. The van der Waals surface area contributed by atoms with Gasteiger partial charge in [-0.2, -0.15) is 0 Å². The van der Waals surface area contributed by atoms with Gasteiger partial charge in [0.25, 0.3) is 5.91 Å². The van der Waals surface area contributed by atoms with Crippen molar-refractivity contribution in [2.24, 2.45) is 0 Å². The summed E-state index contributed by atoms with van der Waals surface area (Å²) in [7, 11) is 0. The number of amides is 1. The zero-order valence-electron chi connectivity index (χ0n) is 10.4. The fourth-order valence-electron chi connectivity index (χ4n) is 1.86. The first-order valence-electron chi connectivity index (χ1n) is 5.60. The van der Waals surface area contributed by atoms with Gasteiger partial charge in [0.15, 0.2) is 11.0 Å². The number of carbonyl (C=O) groups is 1. The molecule has 0 aliphatic carbocycles. The lowest BCUT2D eigenvalue weighted by Crippen LogP contribution is -2.26. The average Bonchev–Trinajstić information content (AvgIpc) is 2.84. The summed E-state index contributed by atoms with van der Waals surface area (Å²) in [5.41, 5.74) is 0.957. The molecule has 4 nitrogen and oxygen atoms in total. The van der Waals surface area contributed by atoms with E-state index in [9.17, 15) is 4.79 Å². The largest absolute Gasteiger partial charge is 0.466 e. The highest BCUT2D eigenvalue weighted by molar-refractivity contribution is 6.29. The Labute approximate surface area is 110 Å². The van der Waals surface area contributed by atoms with E-state index in [4.69, 9.17) is 20.4 Å². The molecule has 1 N–H and O–H groups in total. The summed E-state index contributed by atoms with van der Waals surface area (Å²) in [6, 6.07) is 4.83. The Balaban J connectivity index is 2.10. The first-order valence-corrected chi connectivity index (χ1v) is 5.98. The Morgan fingerprint density at radius 3 is 2.56 bits per heavy atom. The molecule has 2 aromatic rings. The molecule has 2 aromatic heterocycles. The topological polar surface area (TPSA) is 55.4 Å². The highest BCUT2D eigenvalue weighted by Crippen LogP contribution is 2.22. The minimum Gasteiger partial charge on any atom is -0.466 e. The minimum atomic E-state index is -0.298.